The van der Waals surface area contributed by atoms with E-state index < -0.39 is 0 Å². The van der Waals surface area contributed by atoms with Gasteiger partial charge < -0.3 is 10.1 Å². The number of nitrogens with one attached hydrogen (secondary N) is 1. The van der Waals surface area contributed by atoms with Gasteiger partial charge in [0.15, 0.2) is 0 Å². The van der Waals surface area contributed by atoms with Crippen molar-refractivity contribution in [2.45, 2.75) is 51.2 Å². The Morgan fingerprint density at radius 2 is 2.11 bits per heavy atom. The largest absolute Gasteiger partial charge is 0.376 e. The predicted molar refractivity (Wildman–Crippen MR) is 111 cm³/mol. The SMILES string of the molecule is O=C(CCC1CCN(Cc2cccc3cnccc23)CC1)NC[C@H]1CCCO1. The summed E-state index contributed by atoms with van der Waals surface area (Å²) in [5.74, 6) is 0.851. The Morgan fingerprint density at radius 1 is 1.21 bits per heavy atom. The zero-order valence-corrected chi connectivity index (χ0v) is 16.6. The number of hydrogen-bond donors (Lipinski definition) is 1. The fourth-order valence-corrected chi connectivity index (χ4v) is 4.46. The van der Waals surface area contributed by atoms with Crippen molar-refractivity contribution in [2.75, 3.05) is 26.2 Å². The predicted octanol–water partition coefficient (Wildman–Crippen LogP) is 3.52. The molecule has 1 aromatic heterocycles. The molecule has 0 aliphatic carbocycles. The van der Waals surface area contributed by atoms with Crippen LogP contribution in [0.25, 0.3) is 10.8 Å². The van der Waals surface area contributed by atoms with Gasteiger partial charge in [0.1, 0.15) is 0 Å². The van der Waals surface area contributed by atoms with Crippen molar-refractivity contribution in [3.8, 4) is 0 Å². The summed E-state index contributed by atoms with van der Waals surface area (Å²) >= 11 is 0. The number of benzene rings is 1. The number of nitrogens with zero attached hydrogens (tertiary/aromatic N) is 2. The first-order valence-corrected chi connectivity index (χ1v) is 10.7. The van der Waals surface area contributed by atoms with Crippen LogP contribution in [0.5, 0.6) is 0 Å². The Hall–Kier alpha value is -1.98. The molecule has 5 nitrogen and oxygen atoms in total. The van der Waals surface area contributed by atoms with Gasteiger partial charge in [-0.2, -0.15) is 0 Å². The molecule has 0 saturated carbocycles. The highest BCUT2D eigenvalue weighted by Gasteiger charge is 2.21. The van der Waals surface area contributed by atoms with Gasteiger partial charge in [0.2, 0.25) is 5.91 Å². The molecule has 0 unspecified atom stereocenters. The van der Waals surface area contributed by atoms with Crippen LogP contribution in [-0.4, -0.2) is 48.1 Å². The molecule has 3 heterocycles. The maximum absolute atomic E-state index is 12.1. The third kappa shape index (κ3) is 5.09. The smallest absolute Gasteiger partial charge is 0.220 e. The minimum Gasteiger partial charge on any atom is -0.376 e. The number of aromatic nitrogens is 1. The third-order valence-electron chi connectivity index (χ3n) is 6.20. The van der Waals surface area contributed by atoms with Crippen molar-refractivity contribution >= 4 is 16.7 Å². The minimum absolute atomic E-state index is 0.183. The number of likely N-dealkylation sites (tertiary alicyclic amines) is 1. The van der Waals surface area contributed by atoms with Crippen molar-refractivity contribution in [2.24, 2.45) is 5.92 Å². The number of fused-ring (bicyclic) bond motifs is 1. The van der Waals surface area contributed by atoms with Crippen LogP contribution >= 0.6 is 0 Å². The average Bonchev–Trinajstić information content (AvgIpc) is 3.26. The minimum atomic E-state index is 0.183. The van der Waals surface area contributed by atoms with E-state index in [1.54, 1.807) is 0 Å². The van der Waals surface area contributed by atoms with Gasteiger partial charge in [0.25, 0.3) is 0 Å². The molecule has 4 rings (SSSR count). The Labute approximate surface area is 167 Å². The van der Waals surface area contributed by atoms with Gasteiger partial charge in [-0.3, -0.25) is 14.7 Å². The molecule has 2 fully saturated rings. The molecular formula is C23H31N3O2. The first-order chi connectivity index (χ1) is 13.8. The lowest BCUT2D eigenvalue weighted by Crippen LogP contribution is -2.34. The van der Waals surface area contributed by atoms with Crippen LogP contribution in [0.3, 0.4) is 0 Å². The van der Waals surface area contributed by atoms with E-state index in [1.165, 1.54) is 29.2 Å². The Balaban J connectivity index is 1.19. The van der Waals surface area contributed by atoms with Gasteiger partial charge in [-0.15, -0.1) is 0 Å². The number of ether oxygens (including phenoxy) is 1. The first-order valence-electron chi connectivity index (χ1n) is 10.7. The number of hydrogen-bond acceptors (Lipinski definition) is 4. The van der Waals surface area contributed by atoms with Crippen LogP contribution in [-0.2, 0) is 16.1 Å². The van der Waals surface area contributed by atoms with Gasteiger partial charge in [-0.25, -0.2) is 0 Å². The maximum Gasteiger partial charge on any atom is 0.220 e. The van der Waals surface area contributed by atoms with Crippen molar-refractivity contribution in [3.05, 3.63) is 42.2 Å². The third-order valence-corrected chi connectivity index (χ3v) is 6.20. The number of amides is 1. The molecule has 2 aromatic rings. The maximum atomic E-state index is 12.1. The molecule has 0 spiro atoms. The number of piperidine rings is 1. The molecule has 2 aliphatic heterocycles. The Bertz CT molecular complexity index is 775. The molecule has 5 heteroatoms. The summed E-state index contributed by atoms with van der Waals surface area (Å²) in [5.41, 5.74) is 1.38. The van der Waals surface area contributed by atoms with E-state index in [0.29, 0.717) is 18.9 Å². The topological polar surface area (TPSA) is 54.5 Å². The lowest BCUT2D eigenvalue weighted by atomic mass is 9.91. The van der Waals surface area contributed by atoms with E-state index in [2.05, 4.69) is 39.5 Å². The van der Waals surface area contributed by atoms with E-state index in [0.717, 1.165) is 45.5 Å². The summed E-state index contributed by atoms with van der Waals surface area (Å²) < 4.78 is 5.56. The van der Waals surface area contributed by atoms with Crippen LogP contribution in [0.15, 0.2) is 36.7 Å². The van der Waals surface area contributed by atoms with E-state index in [9.17, 15) is 4.79 Å². The lowest BCUT2D eigenvalue weighted by Gasteiger charge is -2.32. The zero-order chi connectivity index (χ0) is 19.2. The van der Waals surface area contributed by atoms with Crippen molar-refractivity contribution in [3.63, 3.8) is 0 Å². The number of carbonyl (C=O) groups is 1. The summed E-state index contributed by atoms with van der Waals surface area (Å²) in [4.78, 5) is 18.9. The van der Waals surface area contributed by atoms with E-state index in [1.807, 2.05) is 12.4 Å². The number of pyridine rings is 1. The summed E-state index contributed by atoms with van der Waals surface area (Å²) in [7, 11) is 0. The van der Waals surface area contributed by atoms with Crippen LogP contribution in [0.2, 0.25) is 0 Å². The molecule has 1 N–H and O–H groups in total. The van der Waals surface area contributed by atoms with Crippen LogP contribution in [0.1, 0.15) is 44.1 Å². The second kappa shape index (κ2) is 9.48. The highest BCUT2D eigenvalue weighted by atomic mass is 16.5. The summed E-state index contributed by atoms with van der Waals surface area (Å²) in [5, 5.41) is 5.56. The van der Waals surface area contributed by atoms with Crippen molar-refractivity contribution < 1.29 is 9.53 Å². The highest BCUT2D eigenvalue weighted by molar-refractivity contribution is 5.84. The van der Waals surface area contributed by atoms with Crippen molar-refractivity contribution in [1.82, 2.24) is 15.2 Å². The van der Waals surface area contributed by atoms with Gasteiger partial charge in [-0.1, -0.05) is 18.2 Å². The fraction of sp³-hybridized carbons (Fsp3) is 0.565. The van der Waals surface area contributed by atoms with Crippen LogP contribution in [0.4, 0.5) is 0 Å². The highest BCUT2D eigenvalue weighted by Crippen LogP contribution is 2.25. The summed E-state index contributed by atoms with van der Waals surface area (Å²) in [6.45, 7) is 4.75. The van der Waals surface area contributed by atoms with Crippen molar-refractivity contribution in [1.29, 1.82) is 0 Å². The van der Waals surface area contributed by atoms with E-state index in [4.69, 9.17) is 4.74 Å². The number of carbonyl (C=O) groups excluding carboxylic acids is 1. The Morgan fingerprint density at radius 3 is 2.93 bits per heavy atom. The molecular weight excluding hydrogens is 350 g/mol. The first kappa shape index (κ1) is 19.3. The fourth-order valence-electron chi connectivity index (χ4n) is 4.46. The zero-order valence-electron chi connectivity index (χ0n) is 16.6. The van der Waals surface area contributed by atoms with E-state index >= 15 is 0 Å². The second-order valence-corrected chi connectivity index (χ2v) is 8.21. The molecule has 1 aromatic carbocycles. The molecule has 0 bridgehead atoms. The molecule has 2 aliphatic rings. The van der Waals surface area contributed by atoms with Gasteiger partial charge >= 0.3 is 0 Å². The molecule has 2 saturated heterocycles. The number of rotatable bonds is 7. The second-order valence-electron chi connectivity index (χ2n) is 8.21. The van der Waals surface area contributed by atoms with Gasteiger partial charge in [0, 0.05) is 43.9 Å². The van der Waals surface area contributed by atoms with E-state index in [-0.39, 0.29) is 12.0 Å². The standard InChI is InChI=1S/C23H31N3O2/c27-23(25-16-21-5-2-14-28-21)7-6-18-9-12-26(13-10-18)17-20-4-1-3-19-15-24-11-8-22(19)20/h1,3-4,8,11,15,18,21H,2,5-7,9-10,12-14,16-17H2,(H,25,27)/t21-/m1/s1. The van der Waals surface area contributed by atoms with Gasteiger partial charge in [0.05, 0.1) is 6.10 Å². The van der Waals surface area contributed by atoms with Gasteiger partial charge in [-0.05, 0) is 68.1 Å². The summed E-state index contributed by atoms with van der Waals surface area (Å²) in [6, 6.07) is 8.60. The monoisotopic (exact) mass is 381 g/mol. The van der Waals surface area contributed by atoms with Crippen LogP contribution < -0.4 is 5.32 Å². The normalized spacial score (nSPS) is 21.2. The quantitative estimate of drug-likeness (QED) is 0.797. The average molecular weight is 382 g/mol. The Kier molecular flexibility index (Phi) is 6.55. The molecule has 1 amide bonds. The summed E-state index contributed by atoms with van der Waals surface area (Å²) in [6.07, 6.45) is 10.3. The lowest BCUT2D eigenvalue weighted by molar-refractivity contribution is -0.122. The molecule has 28 heavy (non-hydrogen) atoms. The molecule has 150 valence electrons. The van der Waals surface area contributed by atoms with Crippen LogP contribution in [0, 0.1) is 5.92 Å². The molecule has 0 radical (unpaired) electrons. The molecule has 1 atom stereocenters.